The minimum Gasteiger partial charge on any atom is -0.508 e. The Balaban J connectivity index is 2.80. The Labute approximate surface area is 120 Å². The van der Waals surface area contributed by atoms with Crippen LogP contribution in [0.2, 0.25) is 0 Å². The second-order valence-corrected chi connectivity index (χ2v) is 5.01. The van der Waals surface area contributed by atoms with Gasteiger partial charge in [-0.2, -0.15) is 0 Å². The monoisotopic (exact) mass is 270 g/mol. The summed E-state index contributed by atoms with van der Waals surface area (Å²) in [5, 5.41) is 20.0. The molecule has 2 N–H and O–H groups in total. The van der Waals surface area contributed by atoms with Crippen molar-refractivity contribution < 1.29 is 10.2 Å². The van der Waals surface area contributed by atoms with Gasteiger partial charge in [0, 0.05) is 11.6 Å². The predicted octanol–water partition coefficient (Wildman–Crippen LogP) is 4.45. The lowest BCUT2D eigenvalue weighted by atomic mass is 9.88. The summed E-state index contributed by atoms with van der Waals surface area (Å²) in [6.07, 6.45) is 2.62. The highest BCUT2D eigenvalue weighted by Gasteiger charge is 2.17. The molecule has 0 radical (unpaired) electrons. The van der Waals surface area contributed by atoms with Gasteiger partial charge in [0.15, 0.2) is 0 Å². The molecule has 0 fully saturated rings. The molecule has 2 nitrogen and oxygen atoms in total. The van der Waals surface area contributed by atoms with Crippen molar-refractivity contribution in [1.29, 1.82) is 0 Å². The van der Waals surface area contributed by atoms with Crippen LogP contribution in [0.3, 0.4) is 0 Å². The van der Waals surface area contributed by atoms with Crippen LogP contribution in [-0.4, -0.2) is 10.2 Å². The zero-order valence-electron chi connectivity index (χ0n) is 12.4. The average molecular weight is 270 g/mol. The molecule has 0 saturated heterocycles. The van der Waals surface area contributed by atoms with Crippen LogP contribution < -0.4 is 0 Å². The van der Waals surface area contributed by atoms with Gasteiger partial charge in [-0.05, 0) is 47.6 Å². The fourth-order valence-corrected chi connectivity index (χ4v) is 2.80. The highest BCUT2D eigenvalue weighted by molar-refractivity contribution is 5.80. The number of aryl methyl sites for hydroxylation is 3. The molecule has 20 heavy (non-hydrogen) atoms. The van der Waals surface area contributed by atoms with E-state index < -0.39 is 0 Å². The number of rotatable bonds is 4. The highest BCUT2D eigenvalue weighted by atomic mass is 16.3. The van der Waals surface area contributed by atoms with Crippen LogP contribution in [0.25, 0.3) is 11.1 Å². The molecule has 106 valence electrons. The SMILES string of the molecule is CCc1cc(O)cc(O)c1-c1c(CC)cccc1CC. The van der Waals surface area contributed by atoms with Gasteiger partial charge in [-0.1, -0.05) is 39.0 Å². The molecule has 2 rings (SSSR count). The smallest absolute Gasteiger partial charge is 0.127 e. The van der Waals surface area contributed by atoms with Gasteiger partial charge in [0.2, 0.25) is 0 Å². The minimum atomic E-state index is 0.120. The van der Waals surface area contributed by atoms with Crippen molar-refractivity contribution in [2.75, 3.05) is 0 Å². The fourth-order valence-electron chi connectivity index (χ4n) is 2.80. The van der Waals surface area contributed by atoms with Crippen molar-refractivity contribution in [2.24, 2.45) is 0 Å². The van der Waals surface area contributed by atoms with Crippen molar-refractivity contribution in [3.05, 3.63) is 47.0 Å². The van der Waals surface area contributed by atoms with Gasteiger partial charge in [-0.3, -0.25) is 0 Å². The van der Waals surface area contributed by atoms with Crippen LogP contribution in [-0.2, 0) is 19.3 Å². The topological polar surface area (TPSA) is 40.5 Å². The molecule has 0 amide bonds. The highest BCUT2D eigenvalue weighted by Crippen LogP contribution is 2.40. The number of hydrogen-bond acceptors (Lipinski definition) is 2. The molecule has 2 heteroatoms. The van der Waals surface area contributed by atoms with Gasteiger partial charge in [0.1, 0.15) is 11.5 Å². The summed E-state index contributed by atoms with van der Waals surface area (Å²) in [6.45, 7) is 6.29. The second kappa shape index (κ2) is 6.00. The first kappa shape index (κ1) is 14.4. The third kappa shape index (κ3) is 2.51. The summed E-state index contributed by atoms with van der Waals surface area (Å²) in [6, 6.07) is 9.48. The van der Waals surface area contributed by atoms with Gasteiger partial charge in [-0.15, -0.1) is 0 Å². The largest absolute Gasteiger partial charge is 0.508 e. The van der Waals surface area contributed by atoms with Crippen LogP contribution in [0, 0.1) is 0 Å². The number of aromatic hydroxyl groups is 2. The third-order valence-electron chi connectivity index (χ3n) is 3.81. The summed E-state index contributed by atoms with van der Waals surface area (Å²) in [7, 11) is 0. The number of hydrogen-bond donors (Lipinski definition) is 2. The Kier molecular flexibility index (Phi) is 4.33. The van der Waals surface area contributed by atoms with Crippen molar-refractivity contribution >= 4 is 0 Å². The summed E-state index contributed by atoms with van der Waals surface area (Å²) in [5.41, 5.74) is 5.46. The summed E-state index contributed by atoms with van der Waals surface area (Å²) in [5.74, 6) is 0.285. The summed E-state index contributed by atoms with van der Waals surface area (Å²) >= 11 is 0. The van der Waals surface area contributed by atoms with Crippen LogP contribution in [0.4, 0.5) is 0 Å². The summed E-state index contributed by atoms with van der Waals surface area (Å²) < 4.78 is 0. The Morgan fingerprint density at radius 3 is 1.80 bits per heavy atom. The molecule has 0 unspecified atom stereocenters. The lowest BCUT2D eigenvalue weighted by Crippen LogP contribution is -1.98. The van der Waals surface area contributed by atoms with Crippen LogP contribution in [0.15, 0.2) is 30.3 Å². The van der Waals surface area contributed by atoms with E-state index in [1.165, 1.54) is 17.2 Å². The Morgan fingerprint density at radius 2 is 1.30 bits per heavy atom. The maximum atomic E-state index is 10.3. The average Bonchev–Trinajstić information content (AvgIpc) is 2.45. The molecular weight excluding hydrogens is 248 g/mol. The Hall–Kier alpha value is -1.96. The molecule has 2 aromatic rings. The van der Waals surface area contributed by atoms with Crippen LogP contribution >= 0.6 is 0 Å². The van der Waals surface area contributed by atoms with Crippen molar-refractivity contribution in [1.82, 2.24) is 0 Å². The van der Waals surface area contributed by atoms with E-state index in [4.69, 9.17) is 0 Å². The molecule has 0 aliphatic carbocycles. The second-order valence-electron chi connectivity index (χ2n) is 5.01. The lowest BCUT2D eigenvalue weighted by Gasteiger charge is -2.18. The van der Waals surface area contributed by atoms with Crippen molar-refractivity contribution in [3.8, 4) is 22.6 Å². The normalized spacial score (nSPS) is 10.8. The summed E-state index contributed by atoms with van der Waals surface area (Å²) in [4.78, 5) is 0. The third-order valence-corrected chi connectivity index (χ3v) is 3.81. The van der Waals surface area contributed by atoms with Crippen molar-refractivity contribution in [3.63, 3.8) is 0 Å². The van der Waals surface area contributed by atoms with Gasteiger partial charge >= 0.3 is 0 Å². The molecule has 0 atom stereocenters. The molecule has 0 saturated carbocycles. The first-order valence-corrected chi connectivity index (χ1v) is 7.28. The zero-order valence-corrected chi connectivity index (χ0v) is 12.4. The van der Waals surface area contributed by atoms with Crippen LogP contribution in [0.5, 0.6) is 11.5 Å². The predicted molar refractivity (Wildman–Crippen MR) is 83.3 cm³/mol. The molecule has 2 aromatic carbocycles. The molecule has 0 spiro atoms. The van der Waals surface area contributed by atoms with Gasteiger partial charge < -0.3 is 10.2 Å². The Bertz CT molecular complexity index is 593. The van der Waals surface area contributed by atoms with E-state index in [1.807, 2.05) is 6.92 Å². The van der Waals surface area contributed by atoms with E-state index in [2.05, 4.69) is 32.0 Å². The van der Waals surface area contributed by atoms with E-state index in [1.54, 1.807) is 6.07 Å². The molecular formula is C18H22O2. The van der Waals surface area contributed by atoms with Gasteiger partial charge in [0.05, 0.1) is 0 Å². The van der Waals surface area contributed by atoms with E-state index in [0.717, 1.165) is 36.0 Å². The van der Waals surface area contributed by atoms with Gasteiger partial charge in [0.25, 0.3) is 0 Å². The minimum absolute atomic E-state index is 0.120. The standard InChI is InChI=1S/C18H22O2/c1-4-12-8-7-9-13(5-2)17(12)18-14(6-3)10-15(19)11-16(18)20/h7-11,19-20H,4-6H2,1-3H3. The number of benzene rings is 2. The molecule has 0 aromatic heterocycles. The molecule has 0 heterocycles. The quantitative estimate of drug-likeness (QED) is 0.861. The van der Waals surface area contributed by atoms with Gasteiger partial charge in [-0.25, -0.2) is 0 Å². The maximum Gasteiger partial charge on any atom is 0.127 e. The molecule has 0 bridgehead atoms. The number of phenolic OH excluding ortho intramolecular Hbond substituents is 2. The van der Waals surface area contributed by atoms with Crippen LogP contribution in [0.1, 0.15) is 37.5 Å². The first-order chi connectivity index (χ1) is 9.62. The fraction of sp³-hybridized carbons (Fsp3) is 0.333. The first-order valence-electron chi connectivity index (χ1n) is 7.28. The number of phenols is 2. The van der Waals surface area contributed by atoms with E-state index in [9.17, 15) is 10.2 Å². The maximum absolute atomic E-state index is 10.3. The van der Waals surface area contributed by atoms with Crippen molar-refractivity contribution in [2.45, 2.75) is 40.0 Å². The zero-order chi connectivity index (χ0) is 14.7. The lowest BCUT2D eigenvalue weighted by molar-refractivity contribution is 0.450. The van der Waals surface area contributed by atoms with E-state index >= 15 is 0 Å². The van der Waals surface area contributed by atoms with E-state index in [0.29, 0.717) is 0 Å². The Morgan fingerprint density at radius 1 is 0.750 bits per heavy atom. The molecule has 0 aliphatic heterocycles. The van der Waals surface area contributed by atoms with E-state index in [-0.39, 0.29) is 11.5 Å². The molecule has 0 aliphatic rings.